The van der Waals surface area contributed by atoms with Crippen molar-refractivity contribution in [3.63, 3.8) is 0 Å². The molecule has 18 heavy (non-hydrogen) atoms. The topological polar surface area (TPSA) is 42.1 Å². The zero-order valence-corrected chi connectivity index (χ0v) is 12.2. The number of pyridine rings is 1. The van der Waals surface area contributed by atoms with E-state index in [1.54, 1.807) is 17.5 Å². The second-order valence-corrected chi connectivity index (χ2v) is 6.38. The average molecular weight is 324 g/mol. The zero-order chi connectivity index (χ0) is 12.5. The fraction of sp³-hybridized carbons (Fsp3) is 0.308. The lowest BCUT2D eigenvalue weighted by Crippen LogP contribution is -2.26. The molecule has 2 N–H and O–H groups in total. The van der Waals surface area contributed by atoms with Crippen molar-refractivity contribution in [3.05, 3.63) is 39.3 Å². The highest BCUT2D eigenvalue weighted by Gasteiger charge is 2.31. The van der Waals surface area contributed by atoms with E-state index in [1.165, 1.54) is 17.7 Å². The van der Waals surface area contributed by atoms with Crippen molar-refractivity contribution in [2.24, 2.45) is 0 Å². The van der Waals surface area contributed by atoms with E-state index in [2.05, 4.69) is 43.3 Å². The molecule has 5 heteroatoms. The summed E-state index contributed by atoms with van der Waals surface area (Å²) in [6.45, 7) is 0.926. The molecule has 0 saturated heterocycles. The predicted molar refractivity (Wildman–Crippen MR) is 79.9 cm³/mol. The highest BCUT2D eigenvalue weighted by molar-refractivity contribution is 9.10. The SMILES string of the molecule is Nc1cncc(Br)c1N(Cc1cccs1)C1CC1. The Hall–Kier alpha value is -1.07. The summed E-state index contributed by atoms with van der Waals surface area (Å²) in [4.78, 5) is 7.87. The third-order valence-corrected chi connectivity index (χ3v) is 4.52. The van der Waals surface area contributed by atoms with Crippen molar-refractivity contribution < 1.29 is 0 Å². The van der Waals surface area contributed by atoms with E-state index in [9.17, 15) is 0 Å². The maximum Gasteiger partial charge on any atom is 0.0781 e. The van der Waals surface area contributed by atoms with E-state index >= 15 is 0 Å². The first kappa shape index (κ1) is 12.0. The van der Waals surface area contributed by atoms with Gasteiger partial charge in [0, 0.05) is 17.1 Å². The van der Waals surface area contributed by atoms with E-state index in [4.69, 9.17) is 5.73 Å². The fourth-order valence-electron chi connectivity index (χ4n) is 2.09. The van der Waals surface area contributed by atoms with Gasteiger partial charge in [0.15, 0.2) is 0 Å². The van der Waals surface area contributed by atoms with Gasteiger partial charge in [0.25, 0.3) is 0 Å². The molecule has 1 fully saturated rings. The first-order valence-corrected chi connectivity index (χ1v) is 7.61. The highest BCUT2D eigenvalue weighted by Crippen LogP contribution is 2.40. The minimum Gasteiger partial charge on any atom is -0.396 e. The normalized spacial score (nSPS) is 14.7. The summed E-state index contributed by atoms with van der Waals surface area (Å²) in [5.41, 5.74) is 7.91. The van der Waals surface area contributed by atoms with Crippen LogP contribution in [0.3, 0.4) is 0 Å². The van der Waals surface area contributed by atoms with Crippen LogP contribution in [0, 0.1) is 0 Å². The summed E-state index contributed by atoms with van der Waals surface area (Å²) in [5, 5.41) is 2.12. The Kier molecular flexibility index (Phi) is 3.26. The van der Waals surface area contributed by atoms with E-state index in [-0.39, 0.29) is 0 Å². The lowest BCUT2D eigenvalue weighted by molar-refractivity contribution is 0.801. The number of rotatable bonds is 4. The van der Waals surface area contributed by atoms with E-state index in [0.29, 0.717) is 6.04 Å². The van der Waals surface area contributed by atoms with Gasteiger partial charge in [-0.15, -0.1) is 11.3 Å². The molecule has 0 aromatic carbocycles. The molecular formula is C13H14BrN3S. The van der Waals surface area contributed by atoms with Crippen LogP contribution < -0.4 is 10.6 Å². The summed E-state index contributed by atoms with van der Waals surface area (Å²) in [6, 6.07) is 4.88. The number of nitrogens with zero attached hydrogens (tertiary/aromatic N) is 2. The summed E-state index contributed by atoms with van der Waals surface area (Å²) in [7, 11) is 0. The number of nitrogens with two attached hydrogens (primary N) is 1. The van der Waals surface area contributed by atoms with Gasteiger partial charge in [0.1, 0.15) is 0 Å². The number of hydrogen-bond donors (Lipinski definition) is 1. The van der Waals surface area contributed by atoms with Crippen LogP contribution in [0.25, 0.3) is 0 Å². The minimum absolute atomic E-state index is 0.619. The van der Waals surface area contributed by atoms with Gasteiger partial charge in [-0.05, 0) is 40.2 Å². The molecule has 0 spiro atoms. The summed E-state index contributed by atoms with van der Waals surface area (Å²) in [6.07, 6.45) is 6.04. The maximum absolute atomic E-state index is 6.09. The predicted octanol–water partition coefficient (Wildman–Crippen LogP) is 3.66. The molecule has 94 valence electrons. The summed E-state index contributed by atoms with van der Waals surface area (Å²) >= 11 is 5.36. The second-order valence-electron chi connectivity index (χ2n) is 4.50. The molecule has 3 rings (SSSR count). The van der Waals surface area contributed by atoms with Gasteiger partial charge in [-0.25, -0.2) is 0 Å². The van der Waals surface area contributed by atoms with Gasteiger partial charge in [0.2, 0.25) is 0 Å². The van der Waals surface area contributed by atoms with E-state index < -0.39 is 0 Å². The molecule has 3 nitrogen and oxygen atoms in total. The van der Waals surface area contributed by atoms with Crippen molar-refractivity contribution in [3.8, 4) is 0 Å². The zero-order valence-electron chi connectivity index (χ0n) is 9.84. The van der Waals surface area contributed by atoms with E-state index in [0.717, 1.165) is 22.4 Å². The van der Waals surface area contributed by atoms with Crippen LogP contribution in [0.2, 0.25) is 0 Å². The first-order chi connectivity index (χ1) is 8.75. The molecule has 2 heterocycles. The van der Waals surface area contributed by atoms with Crippen molar-refractivity contribution in [1.82, 2.24) is 4.98 Å². The third-order valence-electron chi connectivity index (χ3n) is 3.08. The van der Waals surface area contributed by atoms with Gasteiger partial charge in [0.05, 0.1) is 28.6 Å². The molecule has 2 aromatic heterocycles. The van der Waals surface area contributed by atoms with Crippen LogP contribution in [0.4, 0.5) is 11.4 Å². The van der Waals surface area contributed by atoms with Gasteiger partial charge in [-0.3, -0.25) is 4.98 Å². The molecule has 1 saturated carbocycles. The molecule has 0 aliphatic heterocycles. The standard InChI is InChI=1S/C13H14BrN3S/c14-11-6-16-7-12(15)13(11)17(9-3-4-9)8-10-2-1-5-18-10/h1-2,5-7,9H,3-4,8,15H2. The van der Waals surface area contributed by atoms with Gasteiger partial charge in [-0.2, -0.15) is 0 Å². The molecule has 2 aromatic rings. The number of halogens is 1. The average Bonchev–Trinajstić information content (AvgIpc) is 3.06. The number of hydrogen-bond acceptors (Lipinski definition) is 4. The quantitative estimate of drug-likeness (QED) is 0.933. The molecule has 0 radical (unpaired) electrons. The number of nitrogen functional groups attached to an aromatic ring is 1. The second kappa shape index (κ2) is 4.90. The molecule has 0 atom stereocenters. The molecule has 0 bridgehead atoms. The Labute approximate surface area is 119 Å². The Morgan fingerprint density at radius 3 is 2.89 bits per heavy atom. The largest absolute Gasteiger partial charge is 0.396 e. The monoisotopic (exact) mass is 323 g/mol. The van der Waals surface area contributed by atoms with Crippen LogP contribution in [0.5, 0.6) is 0 Å². The molecular weight excluding hydrogens is 310 g/mol. The highest BCUT2D eigenvalue weighted by atomic mass is 79.9. The maximum atomic E-state index is 6.09. The smallest absolute Gasteiger partial charge is 0.0781 e. The van der Waals surface area contributed by atoms with Crippen LogP contribution in [-0.2, 0) is 6.54 Å². The van der Waals surface area contributed by atoms with Crippen molar-refractivity contribution in [2.75, 3.05) is 10.6 Å². The molecule has 1 aliphatic rings. The van der Waals surface area contributed by atoms with Crippen LogP contribution in [0.15, 0.2) is 34.4 Å². The van der Waals surface area contributed by atoms with Crippen molar-refractivity contribution in [1.29, 1.82) is 0 Å². The molecule has 0 unspecified atom stereocenters. The van der Waals surface area contributed by atoms with Crippen LogP contribution in [-0.4, -0.2) is 11.0 Å². The van der Waals surface area contributed by atoms with E-state index in [1.807, 2.05) is 6.20 Å². The Morgan fingerprint density at radius 1 is 1.44 bits per heavy atom. The molecule has 1 aliphatic carbocycles. The van der Waals surface area contributed by atoms with Gasteiger partial charge in [-0.1, -0.05) is 6.07 Å². The fourth-order valence-corrected chi connectivity index (χ4v) is 3.37. The molecule has 0 amide bonds. The Balaban J connectivity index is 1.94. The third kappa shape index (κ3) is 2.37. The van der Waals surface area contributed by atoms with Crippen LogP contribution >= 0.6 is 27.3 Å². The van der Waals surface area contributed by atoms with Crippen LogP contribution in [0.1, 0.15) is 17.7 Å². The summed E-state index contributed by atoms with van der Waals surface area (Å²) in [5.74, 6) is 0. The lowest BCUT2D eigenvalue weighted by atomic mass is 10.3. The summed E-state index contributed by atoms with van der Waals surface area (Å²) < 4.78 is 0.978. The lowest BCUT2D eigenvalue weighted by Gasteiger charge is -2.26. The van der Waals surface area contributed by atoms with Crippen molar-refractivity contribution >= 4 is 38.6 Å². The minimum atomic E-state index is 0.619. The Bertz CT molecular complexity index is 517. The Morgan fingerprint density at radius 2 is 2.28 bits per heavy atom. The van der Waals surface area contributed by atoms with Crippen molar-refractivity contribution in [2.45, 2.75) is 25.4 Å². The van der Waals surface area contributed by atoms with Gasteiger partial charge >= 0.3 is 0 Å². The first-order valence-electron chi connectivity index (χ1n) is 5.93. The number of thiophene rings is 1. The van der Waals surface area contributed by atoms with Gasteiger partial charge < -0.3 is 10.6 Å². The number of anilines is 2. The number of aromatic nitrogens is 1.